The average molecular weight is 263 g/mol. The molecule has 0 aliphatic carbocycles. The smallest absolute Gasteiger partial charge is 0.0230 e. The summed E-state index contributed by atoms with van der Waals surface area (Å²) in [4.78, 5) is 4.71. The minimum absolute atomic E-state index is 1.04. The molecule has 1 aromatic carbocycles. The van der Waals surface area contributed by atoms with Crippen LogP contribution in [-0.2, 0) is 6.54 Å². The maximum absolute atomic E-state index is 3.50. The van der Waals surface area contributed by atoms with Crippen LogP contribution in [0.2, 0.25) is 0 Å². The second kappa shape index (κ2) is 9.96. The molecule has 0 fully saturated rings. The van der Waals surface area contributed by atoms with Crippen LogP contribution in [0.1, 0.15) is 18.9 Å². The maximum atomic E-state index is 3.50. The third kappa shape index (κ3) is 7.98. The van der Waals surface area contributed by atoms with Crippen molar-refractivity contribution in [2.24, 2.45) is 0 Å². The van der Waals surface area contributed by atoms with Gasteiger partial charge in [-0.3, -0.25) is 0 Å². The Morgan fingerprint density at radius 1 is 0.947 bits per heavy atom. The van der Waals surface area contributed by atoms with E-state index in [-0.39, 0.29) is 0 Å². The average Bonchev–Trinajstić information content (AvgIpc) is 2.43. The van der Waals surface area contributed by atoms with Gasteiger partial charge in [-0.25, -0.2) is 0 Å². The Morgan fingerprint density at radius 3 is 2.37 bits per heavy atom. The van der Waals surface area contributed by atoms with Crippen molar-refractivity contribution < 1.29 is 0 Å². The van der Waals surface area contributed by atoms with Gasteiger partial charge in [-0.05, 0) is 45.7 Å². The summed E-state index contributed by atoms with van der Waals surface area (Å²) in [6.07, 6.45) is 1.21. The number of benzene rings is 1. The molecular weight excluding hydrogens is 234 g/mol. The largest absolute Gasteiger partial charge is 0.315 e. The summed E-state index contributed by atoms with van der Waals surface area (Å²) in [5.74, 6) is 0. The molecule has 0 amide bonds. The van der Waals surface area contributed by atoms with E-state index in [0.29, 0.717) is 0 Å². The molecule has 19 heavy (non-hydrogen) atoms. The van der Waals surface area contributed by atoms with Crippen LogP contribution in [0.4, 0.5) is 0 Å². The van der Waals surface area contributed by atoms with Crippen molar-refractivity contribution in [3.8, 4) is 0 Å². The second-order valence-corrected chi connectivity index (χ2v) is 5.22. The Kier molecular flexibility index (Phi) is 8.47. The van der Waals surface area contributed by atoms with Gasteiger partial charge in [0.15, 0.2) is 0 Å². The molecule has 3 nitrogen and oxygen atoms in total. The number of hydrogen-bond donors (Lipinski definition) is 1. The van der Waals surface area contributed by atoms with Crippen molar-refractivity contribution in [2.45, 2.75) is 19.9 Å². The van der Waals surface area contributed by atoms with Crippen LogP contribution in [0, 0.1) is 0 Å². The summed E-state index contributed by atoms with van der Waals surface area (Å²) in [5, 5.41) is 3.50. The van der Waals surface area contributed by atoms with Gasteiger partial charge in [0.1, 0.15) is 0 Å². The van der Waals surface area contributed by atoms with Crippen LogP contribution < -0.4 is 5.32 Å². The van der Waals surface area contributed by atoms with Crippen molar-refractivity contribution in [1.82, 2.24) is 15.1 Å². The lowest BCUT2D eigenvalue weighted by Crippen LogP contribution is -2.30. The van der Waals surface area contributed by atoms with Gasteiger partial charge in [-0.2, -0.15) is 0 Å². The number of nitrogens with zero attached hydrogens (tertiary/aromatic N) is 2. The Labute approximate surface area is 118 Å². The van der Waals surface area contributed by atoms with Crippen molar-refractivity contribution >= 4 is 0 Å². The minimum Gasteiger partial charge on any atom is -0.315 e. The van der Waals surface area contributed by atoms with E-state index in [1.165, 1.54) is 12.0 Å². The SMILES string of the molecule is CCN(C)CCNCCCN(C)Cc1ccccc1. The van der Waals surface area contributed by atoms with Crippen LogP contribution in [0.5, 0.6) is 0 Å². The van der Waals surface area contributed by atoms with Crippen molar-refractivity contribution in [2.75, 3.05) is 46.8 Å². The van der Waals surface area contributed by atoms with Crippen LogP contribution in [0.25, 0.3) is 0 Å². The quantitative estimate of drug-likeness (QED) is 0.652. The predicted octanol–water partition coefficient (Wildman–Crippen LogP) is 2.05. The summed E-state index contributed by atoms with van der Waals surface area (Å²) < 4.78 is 0. The van der Waals surface area contributed by atoms with Gasteiger partial charge in [0, 0.05) is 19.6 Å². The molecule has 0 aliphatic heterocycles. The topological polar surface area (TPSA) is 18.5 Å². The van der Waals surface area contributed by atoms with E-state index in [9.17, 15) is 0 Å². The van der Waals surface area contributed by atoms with Gasteiger partial charge in [0.2, 0.25) is 0 Å². The second-order valence-electron chi connectivity index (χ2n) is 5.22. The normalized spacial score (nSPS) is 11.4. The molecule has 0 saturated heterocycles. The van der Waals surface area contributed by atoms with Crippen molar-refractivity contribution in [3.05, 3.63) is 35.9 Å². The predicted molar refractivity (Wildman–Crippen MR) is 83.4 cm³/mol. The molecule has 0 bridgehead atoms. The minimum atomic E-state index is 1.04. The Hall–Kier alpha value is -0.900. The first-order valence-electron chi connectivity index (χ1n) is 7.34. The van der Waals surface area contributed by atoms with Crippen molar-refractivity contribution in [3.63, 3.8) is 0 Å². The Morgan fingerprint density at radius 2 is 1.68 bits per heavy atom. The van der Waals surface area contributed by atoms with Crippen molar-refractivity contribution in [1.29, 1.82) is 0 Å². The molecule has 3 heteroatoms. The van der Waals surface area contributed by atoms with E-state index in [2.05, 4.69) is 66.5 Å². The molecular formula is C16H29N3. The lowest BCUT2D eigenvalue weighted by atomic mass is 10.2. The molecule has 1 N–H and O–H groups in total. The summed E-state index contributed by atoms with van der Waals surface area (Å²) >= 11 is 0. The first-order chi connectivity index (χ1) is 9.22. The molecule has 1 rings (SSSR count). The van der Waals surface area contributed by atoms with Gasteiger partial charge >= 0.3 is 0 Å². The zero-order chi connectivity index (χ0) is 13.9. The van der Waals surface area contributed by atoms with Gasteiger partial charge < -0.3 is 15.1 Å². The Balaban J connectivity index is 2.00. The first kappa shape index (κ1) is 16.2. The van der Waals surface area contributed by atoms with Crippen LogP contribution in [0.3, 0.4) is 0 Å². The van der Waals surface area contributed by atoms with Crippen LogP contribution in [-0.4, -0.2) is 56.6 Å². The lowest BCUT2D eigenvalue weighted by Gasteiger charge is -2.17. The fraction of sp³-hybridized carbons (Fsp3) is 0.625. The fourth-order valence-corrected chi connectivity index (χ4v) is 2.00. The molecule has 0 radical (unpaired) electrons. The van der Waals surface area contributed by atoms with Crippen LogP contribution in [0.15, 0.2) is 30.3 Å². The molecule has 0 saturated carbocycles. The zero-order valence-corrected chi connectivity index (χ0v) is 12.7. The summed E-state index contributed by atoms with van der Waals surface area (Å²) in [6, 6.07) is 10.7. The number of nitrogens with one attached hydrogen (secondary N) is 1. The van der Waals surface area contributed by atoms with E-state index < -0.39 is 0 Å². The number of rotatable bonds is 10. The lowest BCUT2D eigenvalue weighted by molar-refractivity contribution is 0.314. The van der Waals surface area contributed by atoms with Gasteiger partial charge in [0.25, 0.3) is 0 Å². The zero-order valence-electron chi connectivity index (χ0n) is 12.7. The van der Waals surface area contributed by atoms with E-state index in [4.69, 9.17) is 0 Å². The maximum Gasteiger partial charge on any atom is 0.0230 e. The van der Waals surface area contributed by atoms with Gasteiger partial charge in [0.05, 0.1) is 0 Å². The highest BCUT2D eigenvalue weighted by Crippen LogP contribution is 2.02. The van der Waals surface area contributed by atoms with E-state index in [1.807, 2.05) is 0 Å². The monoisotopic (exact) mass is 263 g/mol. The Bertz CT molecular complexity index is 313. The highest BCUT2D eigenvalue weighted by atomic mass is 15.1. The molecule has 108 valence electrons. The molecule has 0 aromatic heterocycles. The highest BCUT2D eigenvalue weighted by molar-refractivity contribution is 5.14. The molecule has 0 atom stereocenters. The summed E-state index contributed by atoms with van der Waals surface area (Å²) in [6.45, 7) is 8.84. The molecule has 0 heterocycles. The third-order valence-electron chi connectivity index (χ3n) is 3.40. The number of hydrogen-bond acceptors (Lipinski definition) is 3. The van der Waals surface area contributed by atoms with Crippen LogP contribution >= 0.6 is 0 Å². The van der Waals surface area contributed by atoms with Gasteiger partial charge in [-0.15, -0.1) is 0 Å². The number of likely N-dealkylation sites (N-methyl/N-ethyl adjacent to an activating group) is 1. The summed E-state index contributed by atoms with van der Waals surface area (Å²) in [7, 11) is 4.35. The van der Waals surface area contributed by atoms with E-state index >= 15 is 0 Å². The standard InChI is InChI=1S/C16H29N3/c1-4-18(2)14-12-17-11-8-13-19(3)15-16-9-6-5-7-10-16/h5-7,9-10,17H,4,8,11-15H2,1-3H3. The van der Waals surface area contributed by atoms with E-state index in [0.717, 1.165) is 39.3 Å². The fourth-order valence-electron chi connectivity index (χ4n) is 2.00. The molecule has 0 spiro atoms. The molecule has 0 unspecified atom stereocenters. The molecule has 0 aliphatic rings. The molecule has 1 aromatic rings. The first-order valence-corrected chi connectivity index (χ1v) is 7.34. The summed E-state index contributed by atoms with van der Waals surface area (Å²) in [5.41, 5.74) is 1.39. The third-order valence-corrected chi connectivity index (χ3v) is 3.40. The highest BCUT2D eigenvalue weighted by Gasteiger charge is 1.99. The van der Waals surface area contributed by atoms with Gasteiger partial charge in [-0.1, -0.05) is 37.3 Å². The van der Waals surface area contributed by atoms with E-state index in [1.54, 1.807) is 0 Å².